The monoisotopic (exact) mass is 260 g/mol. The van der Waals surface area contributed by atoms with Crippen molar-refractivity contribution in [2.24, 2.45) is 0 Å². The Labute approximate surface area is 113 Å². The SMILES string of the molecule is O=C(C1Cc2ccccc2CN1)N1CCCC(O)C1. The molecule has 2 aliphatic heterocycles. The van der Waals surface area contributed by atoms with Crippen LogP contribution in [0.15, 0.2) is 24.3 Å². The molecule has 1 fully saturated rings. The first-order valence-corrected chi connectivity index (χ1v) is 7.01. The molecule has 1 aromatic rings. The van der Waals surface area contributed by atoms with E-state index in [0.717, 1.165) is 32.4 Å². The zero-order valence-electron chi connectivity index (χ0n) is 11.0. The molecule has 0 radical (unpaired) electrons. The fourth-order valence-corrected chi connectivity index (χ4v) is 3.00. The van der Waals surface area contributed by atoms with Crippen molar-refractivity contribution in [3.05, 3.63) is 35.4 Å². The van der Waals surface area contributed by atoms with Crippen LogP contribution >= 0.6 is 0 Å². The van der Waals surface area contributed by atoms with E-state index in [9.17, 15) is 9.90 Å². The van der Waals surface area contributed by atoms with E-state index in [1.54, 1.807) is 4.90 Å². The van der Waals surface area contributed by atoms with Crippen LogP contribution < -0.4 is 5.32 Å². The van der Waals surface area contributed by atoms with Gasteiger partial charge in [-0.3, -0.25) is 4.79 Å². The fourth-order valence-electron chi connectivity index (χ4n) is 3.00. The van der Waals surface area contributed by atoms with Gasteiger partial charge in [-0.2, -0.15) is 0 Å². The number of carbonyl (C=O) groups is 1. The van der Waals surface area contributed by atoms with Crippen LogP contribution in [0, 0.1) is 0 Å². The molecule has 2 heterocycles. The van der Waals surface area contributed by atoms with Crippen LogP contribution in [-0.2, 0) is 17.8 Å². The number of aliphatic hydroxyl groups is 1. The Morgan fingerprint density at radius 3 is 2.89 bits per heavy atom. The molecule has 2 N–H and O–H groups in total. The Bertz CT molecular complexity index is 475. The van der Waals surface area contributed by atoms with Gasteiger partial charge in [0.05, 0.1) is 12.1 Å². The Hall–Kier alpha value is -1.39. The molecule has 2 unspecified atom stereocenters. The third kappa shape index (κ3) is 2.65. The molecular formula is C15H20N2O2. The number of benzene rings is 1. The highest BCUT2D eigenvalue weighted by Gasteiger charge is 2.30. The fraction of sp³-hybridized carbons (Fsp3) is 0.533. The zero-order valence-corrected chi connectivity index (χ0v) is 11.0. The van der Waals surface area contributed by atoms with Crippen LogP contribution in [0.25, 0.3) is 0 Å². The number of piperidine rings is 1. The molecule has 0 aromatic heterocycles. The lowest BCUT2D eigenvalue weighted by Crippen LogP contribution is -2.52. The van der Waals surface area contributed by atoms with Gasteiger partial charge in [-0.05, 0) is 30.4 Å². The summed E-state index contributed by atoms with van der Waals surface area (Å²) in [5.41, 5.74) is 2.54. The van der Waals surface area contributed by atoms with Gasteiger partial charge in [0.25, 0.3) is 0 Å². The van der Waals surface area contributed by atoms with Crippen LogP contribution in [0.4, 0.5) is 0 Å². The smallest absolute Gasteiger partial charge is 0.240 e. The summed E-state index contributed by atoms with van der Waals surface area (Å²) >= 11 is 0. The lowest BCUT2D eigenvalue weighted by Gasteiger charge is -2.34. The van der Waals surface area contributed by atoms with Gasteiger partial charge >= 0.3 is 0 Å². The number of nitrogens with one attached hydrogen (secondary N) is 1. The highest BCUT2D eigenvalue weighted by atomic mass is 16.3. The molecule has 19 heavy (non-hydrogen) atoms. The van der Waals surface area contributed by atoms with Crippen molar-refractivity contribution in [2.45, 2.75) is 38.0 Å². The van der Waals surface area contributed by atoms with E-state index in [4.69, 9.17) is 0 Å². The standard InChI is InChI=1S/C15H20N2O2/c18-13-6-3-7-17(10-13)15(19)14-8-11-4-1-2-5-12(11)9-16-14/h1-2,4-5,13-14,16,18H,3,6-10H2. The summed E-state index contributed by atoms with van der Waals surface area (Å²) in [6.07, 6.45) is 2.11. The molecule has 1 saturated heterocycles. The summed E-state index contributed by atoms with van der Waals surface area (Å²) in [6, 6.07) is 8.12. The molecule has 0 saturated carbocycles. The highest BCUT2D eigenvalue weighted by molar-refractivity contribution is 5.82. The van der Waals surface area contributed by atoms with Crippen molar-refractivity contribution >= 4 is 5.91 Å². The minimum Gasteiger partial charge on any atom is -0.391 e. The number of rotatable bonds is 1. The predicted molar refractivity (Wildman–Crippen MR) is 72.6 cm³/mol. The van der Waals surface area contributed by atoms with Crippen molar-refractivity contribution in [3.8, 4) is 0 Å². The number of hydrogen-bond acceptors (Lipinski definition) is 3. The summed E-state index contributed by atoms with van der Waals surface area (Å²) in [5, 5.41) is 13.0. The largest absolute Gasteiger partial charge is 0.391 e. The van der Waals surface area contributed by atoms with Crippen molar-refractivity contribution in [1.29, 1.82) is 0 Å². The van der Waals surface area contributed by atoms with Crippen molar-refractivity contribution in [3.63, 3.8) is 0 Å². The number of fused-ring (bicyclic) bond motifs is 1. The molecule has 0 aliphatic carbocycles. The molecule has 4 heteroatoms. The Morgan fingerprint density at radius 1 is 1.32 bits per heavy atom. The van der Waals surface area contributed by atoms with E-state index < -0.39 is 0 Å². The van der Waals surface area contributed by atoms with Gasteiger partial charge in [0.1, 0.15) is 0 Å². The summed E-state index contributed by atoms with van der Waals surface area (Å²) in [5.74, 6) is 0.133. The summed E-state index contributed by atoms with van der Waals surface area (Å²) in [4.78, 5) is 14.3. The minimum atomic E-state index is -0.353. The molecule has 1 amide bonds. The first-order chi connectivity index (χ1) is 9.24. The molecule has 0 bridgehead atoms. The predicted octanol–water partition coefficient (Wildman–Crippen LogP) is 0.684. The lowest BCUT2D eigenvalue weighted by molar-refractivity contribution is -0.136. The molecule has 4 nitrogen and oxygen atoms in total. The van der Waals surface area contributed by atoms with Crippen LogP contribution in [-0.4, -0.2) is 41.1 Å². The Kier molecular flexibility index (Phi) is 3.53. The number of likely N-dealkylation sites (tertiary alicyclic amines) is 1. The van der Waals surface area contributed by atoms with Crippen LogP contribution in [0.5, 0.6) is 0 Å². The maximum absolute atomic E-state index is 12.5. The first-order valence-electron chi connectivity index (χ1n) is 7.01. The number of β-amino-alcohol motifs (C(OH)–C–C–N with tert-alkyl or cyclic N) is 1. The molecule has 102 valence electrons. The molecule has 2 atom stereocenters. The number of hydrogen-bond donors (Lipinski definition) is 2. The van der Waals surface area contributed by atoms with E-state index in [2.05, 4.69) is 17.4 Å². The van der Waals surface area contributed by atoms with Gasteiger partial charge in [0.15, 0.2) is 0 Å². The molecule has 0 spiro atoms. The Morgan fingerprint density at radius 2 is 2.11 bits per heavy atom. The number of aliphatic hydroxyl groups excluding tert-OH is 1. The van der Waals surface area contributed by atoms with E-state index in [1.807, 2.05) is 12.1 Å². The third-order valence-electron chi connectivity index (χ3n) is 4.09. The van der Waals surface area contributed by atoms with Crippen LogP contribution in [0.1, 0.15) is 24.0 Å². The highest BCUT2D eigenvalue weighted by Crippen LogP contribution is 2.19. The minimum absolute atomic E-state index is 0.133. The topological polar surface area (TPSA) is 52.6 Å². The van der Waals surface area contributed by atoms with E-state index >= 15 is 0 Å². The molecule has 2 aliphatic rings. The van der Waals surface area contributed by atoms with Gasteiger partial charge < -0.3 is 15.3 Å². The first kappa shape index (κ1) is 12.6. The average molecular weight is 260 g/mol. The summed E-state index contributed by atoms with van der Waals surface area (Å²) < 4.78 is 0. The third-order valence-corrected chi connectivity index (χ3v) is 4.09. The van der Waals surface area contributed by atoms with E-state index in [1.165, 1.54) is 11.1 Å². The van der Waals surface area contributed by atoms with Gasteiger partial charge in [0, 0.05) is 19.6 Å². The van der Waals surface area contributed by atoms with Crippen molar-refractivity contribution < 1.29 is 9.90 Å². The maximum Gasteiger partial charge on any atom is 0.240 e. The van der Waals surface area contributed by atoms with Gasteiger partial charge in [-0.25, -0.2) is 0 Å². The second kappa shape index (κ2) is 5.31. The number of amides is 1. The Balaban J connectivity index is 1.69. The maximum atomic E-state index is 12.5. The quantitative estimate of drug-likeness (QED) is 0.781. The van der Waals surface area contributed by atoms with Crippen molar-refractivity contribution in [2.75, 3.05) is 13.1 Å². The second-order valence-electron chi connectivity index (χ2n) is 5.49. The van der Waals surface area contributed by atoms with Gasteiger partial charge in [0.2, 0.25) is 5.91 Å². The van der Waals surface area contributed by atoms with Gasteiger partial charge in [-0.1, -0.05) is 24.3 Å². The molecule has 3 rings (SSSR count). The zero-order chi connectivity index (χ0) is 13.2. The number of carbonyl (C=O) groups excluding carboxylic acids is 1. The molecule has 1 aromatic carbocycles. The summed E-state index contributed by atoms with van der Waals surface area (Å²) in [7, 11) is 0. The molecular weight excluding hydrogens is 240 g/mol. The van der Waals surface area contributed by atoms with Gasteiger partial charge in [-0.15, -0.1) is 0 Å². The lowest BCUT2D eigenvalue weighted by atomic mass is 9.94. The van der Waals surface area contributed by atoms with Crippen LogP contribution in [0.3, 0.4) is 0 Å². The van der Waals surface area contributed by atoms with E-state index in [0.29, 0.717) is 6.54 Å². The number of nitrogens with zero attached hydrogens (tertiary/aromatic N) is 1. The normalized spacial score (nSPS) is 26.9. The van der Waals surface area contributed by atoms with Crippen LogP contribution in [0.2, 0.25) is 0 Å². The average Bonchev–Trinajstić information content (AvgIpc) is 2.46. The van der Waals surface area contributed by atoms with E-state index in [-0.39, 0.29) is 18.1 Å². The van der Waals surface area contributed by atoms with Crippen molar-refractivity contribution in [1.82, 2.24) is 10.2 Å². The summed E-state index contributed by atoms with van der Waals surface area (Å²) in [6.45, 7) is 2.01. The second-order valence-corrected chi connectivity index (χ2v) is 5.49.